The van der Waals surface area contributed by atoms with E-state index in [9.17, 15) is 0 Å². The molecule has 5 nitrogen and oxygen atoms in total. The van der Waals surface area contributed by atoms with Gasteiger partial charge in [0.05, 0.1) is 0 Å². The van der Waals surface area contributed by atoms with Gasteiger partial charge in [-0.2, -0.15) is 5.10 Å². The number of aryl methyl sites for hydroxylation is 1. The van der Waals surface area contributed by atoms with Crippen LogP contribution in [0.3, 0.4) is 0 Å². The molecular formula is C10H14N4OS2. The molecule has 0 radical (unpaired) electrons. The summed E-state index contributed by atoms with van der Waals surface area (Å²) in [7, 11) is 1.87. The summed E-state index contributed by atoms with van der Waals surface area (Å²) in [5.74, 6) is 1.49. The molecule has 0 saturated carbocycles. The molecule has 0 aliphatic carbocycles. The topological polar surface area (TPSA) is 52.8 Å². The van der Waals surface area contributed by atoms with E-state index in [2.05, 4.69) is 15.1 Å². The molecule has 0 amide bonds. The summed E-state index contributed by atoms with van der Waals surface area (Å²) in [5.41, 5.74) is 0.872. The predicted molar refractivity (Wildman–Crippen MR) is 69.2 cm³/mol. The number of aromatic nitrogens is 4. The number of ether oxygens (including phenoxy) is 1. The SMILES string of the molecule is CCOCc1nc(-c2csc(SC)n2)n(C)n1. The van der Waals surface area contributed by atoms with Crippen LogP contribution in [0.2, 0.25) is 0 Å². The van der Waals surface area contributed by atoms with Gasteiger partial charge in [-0.05, 0) is 13.2 Å². The predicted octanol–water partition coefficient (Wildman–Crippen LogP) is 2.20. The van der Waals surface area contributed by atoms with Crippen molar-refractivity contribution >= 4 is 23.1 Å². The quantitative estimate of drug-likeness (QED) is 0.780. The Balaban J connectivity index is 2.22. The first-order valence-electron chi connectivity index (χ1n) is 5.22. The second-order valence-corrected chi connectivity index (χ2v) is 5.23. The summed E-state index contributed by atoms with van der Waals surface area (Å²) >= 11 is 3.26. The Labute approximate surface area is 108 Å². The minimum atomic E-state index is 0.448. The molecule has 2 heterocycles. The van der Waals surface area contributed by atoms with Crippen molar-refractivity contribution in [2.24, 2.45) is 7.05 Å². The molecule has 0 aliphatic heterocycles. The third-order valence-electron chi connectivity index (χ3n) is 2.13. The first-order valence-corrected chi connectivity index (χ1v) is 7.32. The second-order valence-electron chi connectivity index (χ2n) is 3.32. The summed E-state index contributed by atoms with van der Waals surface area (Å²) in [6.07, 6.45) is 2.01. The van der Waals surface area contributed by atoms with Gasteiger partial charge in [-0.3, -0.25) is 0 Å². The van der Waals surface area contributed by atoms with Crippen LogP contribution >= 0.6 is 23.1 Å². The van der Waals surface area contributed by atoms with E-state index in [0.29, 0.717) is 19.0 Å². The molecule has 2 rings (SSSR count). The standard InChI is InChI=1S/C10H14N4OS2/c1-4-15-5-8-12-9(14(2)13-8)7-6-17-10(11-7)16-3/h6H,4-5H2,1-3H3. The minimum Gasteiger partial charge on any atom is -0.374 e. The number of hydrogen-bond donors (Lipinski definition) is 0. The lowest BCUT2D eigenvalue weighted by Crippen LogP contribution is -1.96. The summed E-state index contributed by atoms with van der Waals surface area (Å²) in [4.78, 5) is 8.90. The van der Waals surface area contributed by atoms with E-state index in [-0.39, 0.29) is 0 Å². The van der Waals surface area contributed by atoms with Crippen LogP contribution in [0.15, 0.2) is 9.72 Å². The second kappa shape index (κ2) is 5.61. The zero-order valence-electron chi connectivity index (χ0n) is 10.0. The highest BCUT2D eigenvalue weighted by molar-refractivity contribution is 8.00. The normalized spacial score (nSPS) is 11.0. The van der Waals surface area contributed by atoms with Crippen molar-refractivity contribution in [3.8, 4) is 11.5 Å². The number of hydrogen-bond acceptors (Lipinski definition) is 6. The monoisotopic (exact) mass is 270 g/mol. The van der Waals surface area contributed by atoms with E-state index in [1.54, 1.807) is 27.8 Å². The molecule has 0 bridgehead atoms. The molecule has 0 atom stereocenters. The average molecular weight is 270 g/mol. The van der Waals surface area contributed by atoms with Gasteiger partial charge in [-0.15, -0.1) is 11.3 Å². The number of thiazole rings is 1. The molecule has 0 N–H and O–H groups in total. The first kappa shape index (κ1) is 12.5. The molecule has 2 aromatic heterocycles. The van der Waals surface area contributed by atoms with Gasteiger partial charge in [0, 0.05) is 19.0 Å². The fraction of sp³-hybridized carbons (Fsp3) is 0.500. The van der Waals surface area contributed by atoms with Gasteiger partial charge in [0.1, 0.15) is 16.6 Å². The Hall–Kier alpha value is -0.920. The molecule has 0 spiro atoms. The van der Waals surface area contributed by atoms with Gasteiger partial charge in [-0.25, -0.2) is 14.6 Å². The van der Waals surface area contributed by atoms with Crippen molar-refractivity contribution in [2.45, 2.75) is 17.9 Å². The molecule has 17 heavy (non-hydrogen) atoms. The van der Waals surface area contributed by atoms with Crippen LogP contribution in [-0.4, -0.2) is 32.6 Å². The highest BCUT2D eigenvalue weighted by atomic mass is 32.2. The van der Waals surface area contributed by atoms with E-state index >= 15 is 0 Å². The maximum absolute atomic E-state index is 5.29. The van der Waals surface area contributed by atoms with Gasteiger partial charge < -0.3 is 4.74 Å². The molecule has 0 fully saturated rings. The largest absolute Gasteiger partial charge is 0.374 e. The third-order valence-corrected chi connectivity index (χ3v) is 3.99. The van der Waals surface area contributed by atoms with Crippen LogP contribution < -0.4 is 0 Å². The van der Waals surface area contributed by atoms with Gasteiger partial charge in [0.2, 0.25) is 0 Å². The van der Waals surface area contributed by atoms with Gasteiger partial charge >= 0.3 is 0 Å². The van der Waals surface area contributed by atoms with Crippen LogP contribution in [0.1, 0.15) is 12.7 Å². The number of rotatable bonds is 5. The third kappa shape index (κ3) is 2.85. The Bertz CT molecular complexity index is 494. The Morgan fingerprint density at radius 2 is 2.29 bits per heavy atom. The zero-order chi connectivity index (χ0) is 12.3. The Morgan fingerprint density at radius 3 is 2.94 bits per heavy atom. The summed E-state index contributed by atoms with van der Waals surface area (Å²) < 4.78 is 8.07. The average Bonchev–Trinajstić information content (AvgIpc) is 2.92. The van der Waals surface area contributed by atoms with Gasteiger partial charge in [-0.1, -0.05) is 11.8 Å². The molecule has 2 aromatic rings. The van der Waals surface area contributed by atoms with Crippen LogP contribution in [0, 0.1) is 0 Å². The van der Waals surface area contributed by atoms with Crippen molar-refractivity contribution in [3.05, 3.63) is 11.2 Å². The van der Waals surface area contributed by atoms with E-state index in [1.807, 2.05) is 25.6 Å². The summed E-state index contributed by atoms with van der Waals surface area (Å²) in [5, 5.41) is 6.30. The maximum Gasteiger partial charge on any atom is 0.177 e. The van der Waals surface area contributed by atoms with Crippen LogP contribution in [0.5, 0.6) is 0 Å². The van der Waals surface area contributed by atoms with Crippen molar-refractivity contribution in [1.29, 1.82) is 0 Å². The van der Waals surface area contributed by atoms with E-state index in [0.717, 1.165) is 15.9 Å². The van der Waals surface area contributed by atoms with Gasteiger partial charge in [0.25, 0.3) is 0 Å². The van der Waals surface area contributed by atoms with Crippen molar-refractivity contribution in [2.75, 3.05) is 12.9 Å². The Morgan fingerprint density at radius 1 is 1.47 bits per heavy atom. The van der Waals surface area contributed by atoms with E-state index < -0.39 is 0 Å². The van der Waals surface area contributed by atoms with E-state index in [4.69, 9.17) is 4.74 Å². The molecule has 0 aromatic carbocycles. The number of thioether (sulfide) groups is 1. The first-order chi connectivity index (χ1) is 8.24. The van der Waals surface area contributed by atoms with Crippen LogP contribution in [0.4, 0.5) is 0 Å². The summed E-state index contributed by atoms with van der Waals surface area (Å²) in [6, 6.07) is 0. The lowest BCUT2D eigenvalue weighted by molar-refractivity contribution is 0.128. The molecule has 0 aliphatic rings. The molecule has 92 valence electrons. The van der Waals surface area contributed by atoms with Gasteiger partial charge in [0.15, 0.2) is 11.6 Å². The summed E-state index contributed by atoms with van der Waals surface area (Å²) in [6.45, 7) is 3.07. The smallest absolute Gasteiger partial charge is 0.177 e. The minimum absolute atomic E-state index is 0.448. The van der Waals surface area contributed by atoms with Crippen LogP contribution in [0.25, 0.3) is 11.5 Å². The molecule has 0 saturated heterocycles. The van der Waals surface area contributed by atoms with Crippen molar-refractivity contribution < 1.29 is 4.74 Å². The Kier molecular flexibility index (Phi) is 4.14. The number of nitrogens with zero attached hydrogens (tertiary/aromatic N) is 4. The molecule has 7 heteroatoms. The van der Waals surface area contributed by atoms with E-state index in [1.165, 1.54) is 0 Å². The highest BCUT2D eigenvalue weighted by Crippen LogP contribution is 2.25. The molecular weight excluding hydrogens is 256 g/mol. The zero-order valence-corrected chi connectivity index (χ0v) is 11.6. The lowest BCUT2D eigenvalue weighted by Gasteiger charge is -1.93. The maximum atomic E-state index is 5.29. The highest BCUT2D eigenvalue weighted by Gasteiger charge is 2.12. The van der Waals surface area contributed by atoms with Crippen molar-refractivity contribution in [1.82, 2.24) is 19.7 Å². The lowest BCUT2D eigenvalue weighted by atomic mass is 10.4. The fourth-order valence-corrected chi connectivity index (χ4v) is 2.61. The van der Waals surface area contributed by atoms with Crippen LogP contribution in [-0.2, 0) is 18.4 Å². The molecule has 0 unspecified atom stereocenters. The fourth-order valence-electron chi connectivity index (χ4n) is 1.37. The van der Waals surface area contributed by atoms with Crippen molar-refractivity contribution in [3.63, 3.8) is 0 Å².